The lowest BCUT2D eigenvalue weighted by Gasteiger charge is -2.18. The molecular formula is C66H108O6. The predicted octanol–water partition coefficient (Wildman–Crippen LogP) is 20.0. The summed E-state index contributed by atoms with van der Waals surface area (Å²) in [4.78, 5) is 38.2. The molecule has 72 heavy (non-hydrogen) atoms. The zero-order chi connectivity index (χ0) is 52.2. The van der Waals surface area contributed by atoms with Crippen molar-refractivity contribution < 1.29 is 28.6 Å². The molecule has 1 unspecified atom stereocenters. The van der Waals surface area contributed by atoms with Gasteiger partial charge in [-0.25, -0.2) is 0 Å². The fraction of sp³-hybridized carbons (Fsp3) is 0.652. The summed E-state index contributed by atoms with van der Waals surface area (Å²) in [5.41, 5.74) is 0. The second-order valence-electron chi connectivity index (χ2n) is 19.2. The highest BCUT2D eigenvalue weighted by molar-refractivity contribution is 5.71. The Morgan fingerprint density at radius 2 is 0.542 bits per heavy atom. The molecule has 0 aliphatic rings. The van der Waals surface area contributed by atoms with Crippen molar-refractivity contribution >= 4 is 17.9 Å². The molecule has 0 aromatic carbocycles. The lowest BCUT2D eigenvalue weighted by Crippen LogP contribution is -2.30. The third-order valence-corrected chi connectivity index (χ3v) is 12.2. The maximum atomic E-state index is 12.9. The number of unbranched alkanes of at least 4 members (excludes halogenated alkanes) is 21. The second kappa shape index (κ2) is 59.4. The van der Waals surface area contributed by atoms with Crippen molar-refractivity contribution in [1.29, 1.82) is 0 Å². The standard InChI is InChI=1S/C66H108O6/c1-4-7-10-13-16-19-22-25-28-30-31-32-33-34-35-36-39-41-44-47-50-53-56-59-65(68)71-62-63(61-70-64(67)58-55-52-49-46-43-40-37-27-24-21-18-15-12-9-6-3)72-66(69)60-57-54-51-48-45-42-38-29-26-23-20-17-14-11-8-5-2/h7,10,16,18-21,23,25,27-29,31-32,34-35,37-39,41,63H,4-6,8-9,11-15,17,22,24,26,30,33,36,40,42-62H2,1-3H3/b10-7-,19-16-,21-18-,23-20-,28-25-,32-31-,35-34-,37-27-,38-29-,41-39-. The van der Waals surface area contributed by atoms with Gasteiger partial charge in [0, 0.05) is 19.3 Å². The van der Waals surface area contributed by atoms with Gasteiger partial charge < -0.3 is 14.2 Å². The largest absolute Gasteiger partial charge is 0.462 e. The molecule has 0 N–H and O–H groups in total. The van der Waals surface area contributed by atoms with E-state index in [0.29, 0.717) is 19.3 Å². The Kier molecular flexibility index (Phi) is 55.9. The molecule has 0 saturated carbocycles. The van der Waals surface area contributed by atoms with Crippen LogP contribution in [0.3, 0.4) is 0 Å². The Labute approximate surface area is 443 Å². The van der Waals surface area contributed by atoms with E-state index in [1.165, 1.54) is 57.8 Å². The minimum atomic E-state index is -0.806. The minimum Gasteiger partial charge on any atom is -0.462 e. The van der Waals surface area contributed by atoms with Gasteiger partial charge in [-0.2, -0.15) is 0 Å². The van der Waals surface area contributed by atoms with Gasteiger partial charge in [-0.1, -0.05) is 226 Å². The maximum Gasteiger partial charge on any atom is 0.306 e. The highest BCUT2D eigenvalue weighted by atomic mass is 16.6. The summed E-state index contributed by atoms with van der Waals surface area (Å²) in [7, 11) is 0. The Hall–Kier alpha value is -4.19. The first-order valence-electron chi connectivity index (χ1n) is 29.5. The SMILES string of the molecule is CC/C=C\C/C=C\C/C=C\C/C=C\C/C=C\C/C=C\CCCCCCC(=O)OCC(COC(=O)CCCCCCC/C=C\C/C=C\CCCCC)OC(=O)CCCCCCC/C=C\C/C=C\CCCCCC. The Balaban J connectivity index is 4.48. The van der Waals surface area contributed by atoms with Crippen molar-refractivity contribution in [2.45, 2.75) is 264 Å². The zero-order valence-electron chi connectivity index (χ0n) is 46.7. The van der Waals surface area contributed by atoms with Crippen molar-refractivity contribution in [2.75, 3.05) is 13.2 Å². The summed E-state index contributed by atoms with van der Waals surface area (Å²) < 4.78 is 16.8. The normalized spacial score (nSPS) is 13.0. The van der Waals surface area contributed by atoms with E-state index in [2.05, 4.69) is 142 Å². The molecule has 0 spiro atoms. The summed E-state index contributed by atoms with van der Waals surface area (Å²) in [6.45, 7) is 6.44. The van der Waals surface area contributed by atoms with E-state index in [4.69, 9.17) is 14.2 Å². The Morgan fingerprint density at radius 3 is 0.875 bits per heavy atom. The zero-order valence-corrected chi connectivity index (χ0v) is 46.7. The lowest BCUT2D eigenvalue weighted by molar-refractivity contribution is -0.167. The summed E-state index contributed by atoms with van der Waals surface area (Å²) >= 11 is 0. The molecular weight excluding hydrogens is 889 g/mol. The molecule has 0 aromatic heterocycles. The average Bonchev–Trinajstić information content (AvgIpc) is 3.38. The van der Waals surface area contributed by atoms with Gasteiger partial charge >= 0.3 is 17.9 Å². The van der Waals surface area contributed by atoms with E-state index in [0.717, 1.165) is 161 Å². The number of carbonyl (C=O) groups is 3. The van der Waals surface area contributed by atoms with Crippen molar-refractivity contribution in [3.8, 4) is 0 Å². The van der Waals surface area contributed by atoms with E-state index in [9.17, 15) is 14.4 Å². The van der Waals surface area contributed by atoms with Crippen molar-refractivity contribution in [3.63, 3.8) is 0 Å². The average molecular weight is 998 g/mol. The van der Waals surface area contributed by atoms with Crippen LogP contribution in [0.5, 0.6) is 0 Å². The first-order valence-corrected chi connectivity index (χ1v) is 29.5. The van der Waals surface area contributed by atoms with Crippen LogP contribution in [0.4, 0.5) is 0 Å². The van der Waals surface area contributed by atoms with Crippen LogP contribution in [0.15, 0.2) is 122 Å². The highest BCUT2D eigenvalue weighted by Gasteiger charge is 2.19. The monoisotopic (exact) mass is 997 g/mol. The Morgan fingerprint density at radius 1 is 0.292 bits per heavy atom. The van der Waals surface area contributed by atoms with Crippen LogP contribution in [0.25, 0.3) is 0 Å². The lowest BCUT2D eigenvalue weighted by atomic mass is 10.1. The molecule has 0 bridgehead atoms. The third kappa shape index (κ3) is 56.7. The van der Waals surface area contributed by atoms with Crippen molar-refractivity contribution in [2.24, 2.45) is 0 Å². The van der Waals surface area contributed by atoms with Crippen LogP contribution in [-0.2, 0) is 28.6 Å². The molecule has 0 amide bonds. The molecule has 0 aromatic rings. The first kappa shape index (κ1) is 67.8. The smallest absolute Gasteiger partial charge is 0.306 e. The number of rotatable bonds is 52. The van der Waals surface area contributed by atoms with Gasteiger partial charge in [0.2, 0.25) is 0 Å². The number of esters is 3. The molecule has 6 nitrogen and oxygen atoms in total. The van der Waals surface area contributed by atoms with E-state index >= 15 is 0 Å². The van der Waals surface area contributed by atoms with Crippen LogP contribution < -0.4 is 0 Å². The fourth-order valence-electron chi connectivity index (χ4n) is 7.74. The topological polar surface area (TPSA) is 78.9 Å². The summed E-state index contributed by atoms with van der Waals surface area (Å²) in [5, 5.41) is 0. The van der Waals surface area contributed by atoms with Crippen LogP contribution in [0.2, 0.25) is 0 Å². The number of hydrogen-bond donors (Lipinski definition) is 0. The molecule has 0 fully saturated rings. The van der Waals surface area contributed by atoms with E-state index in [-0.39, 0.29) is 31.1 Å². The molecule has 1 atom stereocenters. The molecule has 0 saturated heterocycles. The van der Waals surface area contributed by atoms with Gasteiger partial charge in [-0.3, -0.25) is 14.4 Å². The molecule has 6 heteroatoms. The second-order valence-corrected chi connectivity index (χ2v) is 19.2. The number of ether oxygens (including phenoxy) is 3. The minimum absolute atomic E-state index is 0.102. The Bertz CT molecular complexity index is 1520. The first-order chi connectivity index (χ1) is 35.5. The number of carbonyl (C=O) groups excluding carboxylic acids is 3. The van der Waals surface area contributed by atoms with Gasteiger partial charge in [0.15, 0.2) is 6.10 Å². The van der Waals surface area contributed by atoms with Crippen LogP contribution >= 0.6 is 0 Å². The van der Waals surface area contributed by atoms with Gasteiger partial charge in [0.25, 0.3) is 0 Å². The van der Waals surface area contributed by atoms with E-state index in [1.54, 1.807) is 0 Å². The molecule has 0 aliphatic carbocycles. The van der Waals surface area contributed by atoms with Gasteiger partial charge in [0.1, 0.15) is 13.2 Å². The van der Waals surface area contributed by atoms with Crippen LogP contribution in [0.1, 0.15) is 258 Å². The van der Waals surface area contributed by atoms with Crippen LogP contribution in [0, 0.1) is 0 Å². The summed E-state index contributed by atoms with van der Waals surface area (Å²) in [6, 6.07) is 0. The van der Waals surface area contributed by atoms with Gasteiger partial charge in [-0.05, 0) is 135 Å². The van der Waals surface area contributed by atoms with Gasteiger partial charge in [-0.15, -0.1) is 0 Å². The van der Waals surface area contributed by atoms with E-state index < -0.39 is 6.10 Å². The summed E-state index contributed by atoms with van der Waals surface area (Å²) in [5.74, 6) is -0.955. The van der Waals surface area contributed by atoms with Crippen LogP contribution in [-0.4, -0.2) is 37.2 Å². The highest BCUT2D eigenvalue weighted by Crippen LogP contribution is 2.13. The third-order valence-electron chi connectivity index (χ3n) is 12.2. The quantitative estimate of drug-likeness (QED) is 0.0261. The molecule has 0 radical (unpaired) electrons. The van der Waals surface area contributed by atoms with Crippen molar-refractivity contribution in [1.82, 2.24) is 0 Å². The van der Waals surface area contributed by atoms with Gasteiger partial charge in [0.05, 0.1) is 0 Å². The number of hydrogen-bond acceptors (Lipinski definition) is 6. The maximum absolute atomic E-state index is 12.9. The summed E-state index contributed by atoms with van der Waals surface area (Å²) in [6.07, 6.45) is 81.8. The fourth-order valence-corrected chi connectivity index (χ4v) is 7.74. The molecule has 0 rings (SSSR count). The number of allylic oxidation sites excluding steroid dienone is 20. The molecule has 0 heterocycles. The predicted molar refractivity (Wildman–Crippen MR) is 311 cm³/mol. The van der Waals surface area contributed by atoms with E-state index in [1.807, 2.05) is 0 Å². The molecule has 0 aliphatic heterocycles. The molecule has 408 valence electrons. The van der Waals surface area contributed by atoms with Crippen molar-refractivity contribution in [3.05, 3.63) is 122 Å².